The smallest absolute Gasteiger partial charge is 0.0252 e. The molecule has 1 aliphatic carbocycles. The average molecular weight is 252 g/mol. The largest absolute Gasteiger partial charge is 0.309 e. The van der Waals surface area contributed by atoms with E-state index in [2.05, 4.69) is 44.8 Å². The van der Waals surface area contributed by atoms with Crippen LogP contribution in [0.25, 0.3) is 0 Å². The normalized spacial score (nSPS) is 31.3. The molecular weight excluding hydrogens is 220 g/mol. The van der Waals surface area contributed by atoms with Crippen LogP contribution >= 0.6 is 0 Å². The van der Waals surface area contributed by atoms with Gasteiger partial charge in [0.2, 0.25) is 0 Å². The monoisotopic (exact) mass is 252 g/mol. The quantitative estimate of drug-likeness (QED) is 0.826. The van der Waals surface area contributed by atoms with Gasteiger partial charge >= 0.3 is 0 Å². The molecule has 2 aliphatic rings. The lowest BCUT2D eigenvalue weighted by Crippen LogP contribution is -2.64. The second kappa shape index (κ2) is 5.13. The Kier molecular flexibility index (Phi) is 4.08. The zero-order valence-corrected chi connectivity index (χ0v) is 13.1. The summed E-state index contributed by atoms with van der Waals surface area (Å²) < 4.78 is 0. The van der Waals surface area contributed by atoms with E-state index in [1.54, 1.807) is 0 Å². The number of nitrogens with zero attached hydrogens (tertiary/aromatic N) is 1. The van der Waals surface area contributed by atoms with Crippen molar-refractivity contribution in [3.8, 4) is 0 Å². The minimum Gasteiger partial charge on any atom is -0.309 e. The van der Waals surface area contributed by atoms with E-state index >= 15 is 0 Å². The summed E-state index contributed by atoms with van der Waals surface area (Å²) in [5.74, 6) is 0.752. The van der Waals surface area contributed by atoms with E-state index in [-0.39, 0.29) is 5.54 Å². The van der Waals surface area contributed by atoms with Crippen molar-refractivity contribution in [1.82, 2.24) is 10.2 Å². The fourth-order valence-corrected chi connectivity index (χ4v) is 3.75. The van der Waals surface area contributed by atoms with Crippen LogP contribution in [0.15, 0.2) is 0 Å². The average Bonchev–Trinajstić information content (AvgIpc) is 2.21. The lowest BCUT2D eigenvalue weighted by molar-refractivity contribution is -0.00512. The number of rotatable bonds is 4. The Morgan fingerprint density at radius 2 is 1.94 bits per heavy atom. The maximum atomic E-state index is 3.72. The number of piperazine rings is 1. The van der Waals surface area contributed by atoms with Crippen molar-refractivity contribution in [3.05, 3.63) is 0 Å². The third-order valence-corrected chi connectivity index (χ3v) is 5.33. The molecule has 1 unspecified atom stereocenters. The van der Waals surface area contributed by atoms with Gasteiger partial charge in [-0.15, -0.1) is 0 Å². The fraction of sp³-hybridized carbons (Fsp3) is 1.00. The third-order valence-electron chi connectivity index (χ3n) is 5.33. The van der Waals surface area contributed by atoms with Crippen molar-refractivity contribution in [1.29, 1.82) is 0 Å². The second-order valence-corrected chi connectivity index (χ2v) is 7.69. The Morgan fingerprint density at radius 1 is 1.28 bits per heavy atom. The van der Waals surface area contributed by atoms with Gasteiger partial charge in [-0.25, -0.2) is 0 Å². The first-order valence-corrected chi connectivity index (χ1v) is 7.87. The lowest BCUT2D eigenvalue weighted by atomic mass is 9.66. The van der Waals surface area contributed by atoms with Crippen LogP contribution in [0.1, 0.15) is 60.3 Å². The van der Waals surface area contributed by atoms with E-state index in [0.29, 0.717) is 5.41 Å². The standard InChI is InChI=1S/C16H32N2/c1-6-16(8-7-9-16)12-18-11-15(4,5)17-10-14(18)13(2)3/h13-14,17H,6-12H2,1-5H3. The van der Waals surface area contributed by atoms with E-state index in [0.717, 1.165) is 18.5 Å². The number of hydrogen-bond donors (Lipinski definition) is 1. The van der Waals surface area contributed by atoms with Gasteiger partial charge in [0, 0.05) is 31.2 Å². The van der Waals surface area contributed by atoms with Gasteiger partial charge in [0.25, 0.3) is 0 Å². The molecule has 2 fully saturated rings. The molecule has 1 saturated heterocycles. The van der Waals surface area contributed by atoms with Crippen LogP contribution < -0.4 is 5.32 Å². The summed E-state index contributed by atoms with van der Waals surface area (Å²) in [5.41, 5.74) is 0.935. The van der Waals surface area contributed by atoms with Crippen LogP contribution in [0.2, 0.25) is 0 Å². The summed E-state index contributed by atoms with van der Waals surface area (Å²) in [7, 11) is 0. The fourth-order valence-electron chi connectivity index (χ4n) is 3.75. The minimum absolute atomic E-state index is 0.282. The lowest BCUT2D eigenvalue weighted by Gasteiger charge is -2.52. The Bertz CT molecular complexity index is 273. The molecule has 1 N–H and O–H groups in total. The first-order chi connectivity index (χ1) is 8.37. The van der Waals surface area contributed by atoms with E-state index in [1.165, 1.54) is 38.8 Å². The summed E-state index contributed by atoms with van der Waals surface area (Å²) in [5, 5.41) is 3.72. The summed E-state index contributed by atoms with van der Waals surface area (Å²) >= 11 is 0. The first kappa shape index (κ1) is 14.3. The molecule has 106 valence electrons. The van der Waals surface area contributed by atoms with Crippen molar-refractivity contribution in [2.75, 3.05) is 19.6 Å². The number of nitrogens with one attached hydrogen (secondary N) is 1. The first-order valence-electron chi connectivity index (χ1n) is 7.87. The highest BCUT2D eigenvalue weighted by Crippen LogP contribution is 2.45. The minimum atomic E-state index is 0.282. The van der Waals surface area contributed by atoms with E-state index < -0.39 is 0 Å². The van der Waals surface area contributed by atoms with Crippen molar-refractivity contribution in [2.45, 2.75) is 71.9 Å². The molecule has 1 aliphatic heterocycles. The highest BCUT2D eigenvalue weighted by molar-refractivity contribution is 4.98. The van der Waals surface area contributed by atoms with Crippen LogP contribution in [0.3, 0.4) is 0 Å². The van der Waals surface area contributed by atoms with Gasteiger partial charge in [0.1, 0.15) is 0 Å². The predicted octanol–water partition coefficient (Wildman–Crippen LogP) is 3.28. The Labute approximate surface area is 114 Å². The molecular formula is C16H32N2. The SMILES string of the molecule is CCC1(CN2CC(C)(C)NCC2C(C)C)CCC1. The summed E-state index contributed by atoms with van der Waals surface area (Å²) in [6.45, 7) is 15.5. The maximum Gasteiger partial charge on any atom is 0.0252 e. The third kappa shape index (κ3) is 2.91. The van der Waals surface area contributed by atoms with Gasteiger partial charge in [0.15, 0.2) is 0 Å². The molecule has 1 atom stereocenters. The Morgan fingerprint density at radius 3 is 2.39 bits per heavy atom. The topological polar surface area (TPSA) is 15.3 Å². The highest BCUT2D eigenvalue weighted by Gasteiger charge is 2.41. The van der Waals surface area contributed by atoms with Gasteiger partial charge in [-0.2, -0.15) is 0 Å². The molecule has 1 saturated carbocycles. The van der Waals surface area contributed by atoms with Gasteiger partial charge < -0.3 is 5.32 Å². The van der Waals surface area contributed by atoms with E-state index in [9.17, 15) is 0 Å². The summed E-state index contributed by atoms with van der Waals surface area (Å²) in [6.07, 6.45) is 5.73. The van der Waals surface area contributed by atoms with Crippen LogP contribution in [0.4, 0.5) is 0 Å². The second-order valence-electron chi connectivity index (χ2n) is 7.69. The number of hydrogen-bond acceptors (Lipinski definition) is 2. The van der Waals surface area contributed by atoms with Gasteiger partial charge in [-0.1, -0.05) is 27.2 Å². The molecule has 2 nitrogen and oxygen atoms in total. The highest BCUT2D eigenvalue weighted by atomic mass is 15.3. The molecule has 0 aromatic rings. The Balaban J connectivity index is 2.05. The van der Waals surface area contributed by atoms with E-state index in [1.807, 2.05) is 0 Å². The summed E-state index contributed by atoms with van der Waals surface area (Å²) in [6, 6.07) is 0.724. The summed E-state index contributed by atoms with van der Waals surface area (Å²) in [4.78, 5) is 2.80. The van der Waals surface area contributed by atoms with Crippen LogP contribution in [-0.2, 0) is 0 Å². The van der Waals surface area contributed by atoms with Crippen LogP contribution in [-0.4, -0.2) is 36.1 Å². The maximum absolute atomic E-state index is 3.72. The van der Waals surface area contributed by atoms with Gasteiger partial charge in [-0.3, -0.25) is 4.90 Å². The Hall–Kier alpha value is -0.0800. The molecule has 0 spiro atoms. The predicted molar refractivity (Wildman–Crippen MR) is 78.9 cm³/mol. The van der Waals surface area contributed by atoms with Crippen LogP contribution in [0.5, 0.6) is 0 Å². The molecule has 0 amide bonds. The van der Waals surface area contributed by atoms with Gasteiger partial charge in [-0.05, 0) is 44.4 Å². The van der Waals surface area contributed by atoms with E-state index in [4.69, 9.17) is 0 Å². The van der Waals surface area contributed by atoms with Crippen LogP contribution in [0, 0.1) is 11.3 Å². The molecule has 0 bridgehead atoms. The van der Waals surface area contributed by atoms with Crippen molar-refractivity contribution < 1.29 is 0 Å². The van der Waals surface area contributed by atoms with Crippen molar-refractivity contribution >= 4 is 0 Å². The molecule has 18 heavy (non-hydrogen) atoms. The van der Waals surface area contributed by atoms with Gasteiger partial charge in [0.05, 0.1) is 0 Å². The molecule has 0 aromatic heterocycles. The molecule has 0 radical (unpaired) electrons. The van der Waals surface area contributed by atoms with Crippen molar-refractivity contribution in [3.63, 3.8) is 0 Å². The van der Waals surface area contributed by atoms with Crippen molar-refractivity contribution in [2.24, 2.45) is 11.3 Å². The zero-order chi connectivity index (χ0) is 13.4. The molecule has 1 heterocycles. The molecule has 2 rings (SSSR count). The molecule has 0 aromatic carbocycles. The molecule has 2 heteroatoms. The zero-order valence-electron chi connectivity index (χ0n) is 13.1.